The maximum absolute atomic E-state index is 13.0. The summed E-state index contributed by atoms with van der Waals surface area (Å²) in [6.45, 7) is 2.87. The second kappa shape index (κ2) is 10.5. The normalized spacial score (nSPS) is 11.5. The summed E-state index contributed by atoms with van der Waals surface area (Å²) in [6.07, 6.45) is 5.31. The molecule has 0 aliphatic rings. The van der Waals surface area contributed by atoms with Crippen LogP contribution in [0.2, 0.25) is 5.02 Å². The maximum atomic E-state index is 13.0. The molecule has 0 aliphatic carbocycles. The van der Waals surface area contributed by atoms with Gasteiger partial charge in [0.2, 0.25) is 9.84 Å². The number of benzene rings is 2. The molecule has 1 N–H and O–H groups in total. The van der Waals surface area contributed by atoms with E-state index in [1.165, 1.54) is 35.6 Å². The van der Waals surface area contributed by atoms with E-state index in [-0.39, 0.29) is 27.3 Å². The van der Waals surface area contributed by atoms with E-state index in [4.69, 9.17) is 16.3 Å². The lowest BCUT2D eigenvalue weighted by Crippen LogP contribution is -2.21. The van der Waals surface area contributed by atoms with Crippen LogP contribution < -0.4 is 10.1 Å². The molecule has 1 amide bonds. The Hall–Kier alpha value is -2.94. The standard InChI is InChI=1S/C25H23ClN2O4S2/c1-2-3-12-32-22-9-8-20(14-21(22)26)34(30,31)19-6-4-17(5-7-19)15-28-25(29)23-13-18-10-11-27-16-24(18)33-23/h4-11,13-14,16H,2-3,12,15H2,1H3,(H,28,29). The number of ether oxygens (including phenoxy) is 1. The lowest BCUT2D eigenvalue weighted by molar-refractivity contribution is 0.0955. The summed E-state index contributed by atoms with van der Waals surface area (Å²) in [5.74, 6) is 0.281. The predicted molar refractivity (Wildman–Crippen MR) is 135 cm³/mol. The molecule has 0 unspecified atom stereocenters. The predicted octanol–water partition coefficient (Wildman–Crippen LogP) is 5.89. The van der Waals surface area contributed by atoms with Crippen molar-refractivity contribution < 1.29 is 17.9 Å². The topological polar surface area (TPSA) is 85.4 Å². The molecule has 2 aromatic carbocycles. The molecule has 0 spiro atoms. The van der Waals surface area contributed by atoms with Crippen LogP contribution in [0.15, 0.2) is 76.8 Å². The highest BCUT2D eigenvalue weighted by Crippen LogP contribution is 2.30. The van der Waals surface area contributed by atoms with Gasteiger partial charge in [0.05, 0.1) is 31.0 Å². The molecule has 2 heterocycles. The van der Waals surface area contributed by atoms with Gasteiger partial charge in [0, 0.05) is 18.9 Å². The minimum absolute atomic E-state index is 0.0978. The number of nitrogens with one attached hydrogen (secondary N) is 1. The van der Waals surface area contributed by atoms with Crippen molar-refractivity contribution in [1.29, 1.82) is 0 Å². The Labute approximate surface area is 207 Å². The van der Waals surface area contributed by atoms with Crippen molar-refractivity contribution in [3.05, 3.63) is 82.5 Å². The zero-order valence-electron chi connectivity index (χ0n) is 18.5. The molecule has 0 saturated heterocycles. The van der Waals surface area contributed by atoms with Crippen molar-refractivity contribution in [2.45, 2.75) is 36.1 Å². The summed E-state index contributed by atoms with van der Waals surface area (Å²) in [7, 11) is -3.74. The van der Waals surface area contributed by atoms with E-state index in [0.717, 1.165) is 28.5 Å². The molecule has 0 radical (unpaired) electrons. The first-order valence-electron chi connectivity index (χ1n) is 10.8. The molecular weight excluding hydrogens is 492 g/mol. The fraction of sp³-hybridized carbons (Fsp3) is 0.200. The molecule has 34 heavy (non-hydrogen) atoms. The highest BCUT2D eigenvalue weighted by Gasteiger charge is 2.19. The number of nitrogens with zero attached hydrogens (tertiary/aromatic N) is 1. The van der Waals surface area contributed by atoms with Gasteiger partial charge in [-0.1, -0.05) is 37.1 Å². The summed E-state index contributed by atoms with van der Waals surface area (Å²) in [4.78, 5) is 17.4. The molecular formula is C25H23ClN2O4S2. The number of rotatable bonds is 9. The molecule has 0 saturated carbocycles. The van der Waals surface area contributed by atoms with Gasteiger partial charge < -0.3 is 10.1 Å². The number of carbonyl (C=O) groups is 1. The average molecular weight is 515 g/mol. The monoisotopic (exact) mass is 514 g/mol. The number of halogens is 1. The molecule has 9 heteroatoms. The first-order valence-corrected chi connectivity index (χ1v) is 13.4. The third kappa shape index (κ3) is 5.41. The molecule has 4 rings (SSSR count). The van der Waals surface area contributed by atoms with Gasteiger partial charge >= 0.3 is 0 Å². The van der Waals surface area contributed by atoms with Gasteiger partial charge in [0.25, 0.3) is 5.91 Å². The number of pyridine rings is 1. The van der Waals surface area contributed by atoms with Crippen LogP contribution in [0, 0.1) is 0 Å². The molecule has 0 bridgehead atoms. The van der Waals surface area contributed by atoms with E-state index >= 15 is 0 Å². The minimum Gasteiger partial charge on any atom is -0.492 e. The largest absolute Gasteiger partial charge is 0.492 e. The number of amides is 1. The van der Waals surface area contributed by atoms with E-state index in [1.54, 1.807) is 30.6 Å². The van der Waals surface area contributed by atoms with Crippen LogP contribution in [-0.2, 0) is 16.4 Å². The van der Waals surface area contributed by atoms with Gasteiger partial charge in [-0.2, -0.15) is 0 Å². The first-order chi connectivity index (χ1) is 16.4. The average Bonchev–Trinajstić information content (AvgIpc) is 3.28. The smallest absolute Gasteiger partial charge is 0.261 e. The Morgan fingerprint density at radius 2 is 1.85 bits per heavy atom. The van der Waals surface area contributed by atoms with Gasteiger partial charge in [-0.05, 0) is 59.8 Å². The van der Waals surface area contributed by atoms with Gasteiger partial charge in [-0.3, -0.25) is 9.78 Å². The minimum atomic E-state index is -3.74. The highest BCUT2D eigenvalue weighted by atomic mass is 35.5. The molecule has 0 fully saturated rings. The van der Waals surface area contributed by atoms with E-state index in [0.29, 0.717) is 17.2 Å². The Balaban J connectivity index is 1.42. The van der Waals surface area contributed by atoms with Crippen LogP contribution in [0.3, 0.4) is 0 Å². The summed E-state index contributed by atoms with van der Waals surface area (Å²) >= 11 is 7.62. The van der Waals surface area contributed by atoms with Crippen molar-refractivity contribution in [2.75, 3.05) is 6.61 Å². The van der Waals surface area contributed by atoms with Gasteiger partial charge in [-0.15, -0.1) is 11.3 Å². The Kier molecular flexibility index (Phi) is 7.50. The van der Waals surface area contributed by atoms with Crippen LogP contribution in [0.5, 0.6) is 5.75 Å². The molecule has 6 nitrogen and oxygen atoms in total. The van der Waals surface area contributed by atoms with Crippen molar-refractivity contribution in [3.8, 4) is 5.75 Å². The van der Waals surface area contributed by atoms with Crippen LogP contribution in [0.1, 0.15) is 35.0 Å². The van der Waals surface area contributed by atoms with Gasteiger partial charge in [-0.25, -0.2) is 8.42 Å². The quantitative estimate of drug-likeness (QED) is 0.281. The SMILES string of the molecule is CCCCOc1ccc(S(=O)(=O)c2ccc(CNC(=O)c3cc4ccncc4s3)cc2)cc1Cl. The van der Waals surface area contributed by atoms with Crippen molar-refractivity contribution >= 4 is 48.8 Å². The molecule has 176 valence electrons. The number of thiophene rings is 1. The van der Waals surface area contributed by atoms with E-state index < -0.39 is 9.84 Å². The van der Waals surface area contributed by atoms with Crippen molar-refractivity contribution in [3.63, 3.8) is 0 Å². The summed E-state index contributed by atoms with van der Waals surface area (Å²) < 4.78 is 32.6. The molecule has 0 aliphatic heterocycles. The van der Waals surface area contributed by atoms with Gasteiger partial charge in [0.15, 0.2) is 0 Å². The van der Waals surface area contributed by atoms with E-state index in [2.05, 4.69) is 17.2 Å². The van der Waals surface area contributed by atoms with Crippen LogP contribution in [-0.4, -0.2) is 25.9 Å². The summed E-state index contributed by atoms with van der Waals surface area (Å²) in [5, 5.41) is 4.10. The second-order valence-electron chi connectivity index (χ2n) is 7.65. The summed E-state index contributed by atoms with van der Waals surface area (Å²) in [6, 6.07) is 14.6. The van der Waals surface area contributed by atoms with Crippen LogP contribution in [0.4, 0.5) is 0 Å². The highest BCUT2D eigenvalue weighted by molar-refractivity contribution is 7.91. The van der Waals surface area contributed by atoms with Crippen LogP contribution >= 0.6 is 22.9 Å². The van der Waals surface area contributed by atoms with Crippen molar-refractivity contribution in [2.24, 2.45) is 0 Å². The zero-order valence-corrected chi connectivity index (χ0v) is 20.8. The van der Waals surface area contributed by atoms with Crippen LogP contribution in [0.25, 0.3) is 10.1 Å². The number of hydrogen-bond donors (Lipinski definition) is 1. The third-order valence-electron chi connectivity index (χ3n) is 5.20. The number of unbranched alkanes of at least 4 members (excludes halogenated alkanes) is 1. The Morgan fingerprint density at radius 1 is 1.09 bits per heavy atom. The lowest BCUT2D eigenvalue weighted by atomic mass is 10.2. The zero-order chi connectivity index (χ0) is 24.1. The second-order valence-corrected chi connectivity index (χ2v) is 11.1. The number of hydrogen-bond acceptors (Lipinski definition) is 6. The maximum Gasteiger partial charge on any atom is 0.261 e. The molecule has 4 aromatic rings. The fourth-order valence-electron chi connectivity index (χ4n) is 3.28. The number of aromatic nitrogens is 1. The van der Waals surface area contributed by atoms with E-state index in [9.17, 15) is 13.2 Å². The number of fused-ring (bicyclic) bond motifs is 1. The third-order valence-corrected chi connectivity index (χ3v) is 8.35. The Morgan fingerprint density at radius 3 is 2.56 bits per heavy atom. The first kappa shape index (κ1) is 24.2. The summed E-state index contributed by atoms with van der Waals surface area (Å²) in [5.41, 5.74) is 0.785. The molecule has 0 atom stereocenters. The van der Waals surface area contributed by atoms with Gasteiger partial charge in [0.1, 0.15) is 5.75 Å². The van der Waals surface area contributed by atoms with E-state index in [1.807, 2.05) is 12.1 Å². The fourth-order valence-corrected chi connectivity index (χ4v) is 5.81. The number of carbonyl (C=O) groups excluding carboxylic acids is 1. The Bertz CT molecular complexity index is 1380. The lowest BCUT2D eigenvalue weighted by Gasteiger charge is -2.10. The van der Waals surface area contributed by atoms with Crippen molar-refractivity contribution in [1.82, 2.24) is 10.3 Å². The number of sulfone groups is 1. The molecule has 2 aromatic heterocycles.